The Hall–Kier alpha value is -0.380. The summed E-state index contributed by atoms with van der Waals surface area (Å²) in [6, 6.07) is 8.64. The molecule has 1 saturated heterocycles. The lowest BCUT2D eigenvalue weighted by atomic mass is 9.83. The maximum absolute atomic E-state index is 6.14. The van der Waals surface area contributed by atoms with Crippen LogP contribution in [0.5, 0.6) is 0 Å². The third kappa shape index (κ3) is 3.63. The summed E-state index contributed by atoms with van der Waals surface area (Å²) in [6.07, 6.45) is 2.31. The summed E-state index contributed by atoms with van der Waals surface area (Å²) < 4.78 is 1.14. The van der Waals surface area contributed by atoms with Crippen molar-refractivity contribution in [3.8, 4) is 0 Å². The number of piperidine rings is 1. The van der Waals surface area contributed by atoms with Gasteiger partial charge in [0.25, 0.3) is 0 Å². The van der Waals surface area contributed by atoms with Crippen LogP contribution < -0.4 is 5.73 Å². The number of nitrogens with zero attached hydrogens (tertiary/aromatic N) is 1. The molecule has 1 aliphatic heterocycles. The van der Waals surface area contributed by atoms with E-state index in [-0.39, 0.29) is 5.54 Å². The molecule has 0 saturated carbocycles. The standard InChI is InChI=1S/C17H27BrN2/c1-13-8-9-20(11-14(13)2)17(3,12-19)10-15-4-6-16(18)7-5-15/h4-7,13-14H,8-12,19H2,1-3H3. The topological polar surface area (TPSA) is 29.3 Å². The molecule has 1 aromatic rings. The van der Waals surface area contributed by atoms with E-state index in [1.165, 1.54) is 25.1 Å². The van der Waals surface area contributed by atoms with Crippen LogP contribution in [-0.2, 0) is 6.42 Å². The van der Waals surface area contributed by atoms with E-state index in [9.17, 15) is 0 Å². The van der Waals surface area contributed by atoms with E-state index in [0.717, 1.165) is 22.7 Å². The molecule has 0 aromatic heterocycles. The maximum Gasteiger partial charge on any atom is 0.0343 e. The van der Waals surface area contributed by atoms with Gasteiger partial charge in [0.1, 0.15) is 0 Å². The first-order chi connectivity index (χ1) is 9.44. The van der Waals surface area contributed by atoms with Gasteiger partial charge >= 0.3 is 0 Å². The highest BCUT2D eigenvalue weighted by molar-refractivity contribution is 9.10. The fourth-order valence-electron chi connectivity index (χ4n) is 3.11. The zero-order chi connectivity index (χ0) is 14.8. The fourth-order valence-corrected chi connectivity index (χ4v) is 3.37. The van der Waals surface area contributed by atoms with E-state index in [1.807, 2.05) is 0 Å². The van der Waals surface area contributed by atoms with Gasteiger partial charge in [-0.05, 0) is 55.8 Å². The van der Waals surface area contributed by atoms with Gasteiger partial charge in [-0.15, -0.1) is 0 Å². The lowest BCUT2D eigenvalue weighted by Gasteiger charge is -2.46. The van der Waals surface area contributed by atoms with Gasteiger partial charge in [0.05, 0.1) is 0 Å². The second kappa shape index (κ2) is 6.59. The molecule has 0 bridgehead atoms. The summed E-state index contributed by atoms with van der Waals surface area (Å²) in [7, 11) is 0. The quantitative estimate of drug-likeness (QED) is 0.907. The molecular formula is C17H27BrN2. The Morgan fingerprint density at radius 2 is 1.90 bits per heavy atom. The molecule has 3 atom stereocenters. The first-order valence-electron chi connectivity index (χ1n) is 7.64. The van der Waals surface area contributed by atoms with E-state index in [0.29, 0.717) is 6.54 Å². The molecule has 1 heterocycles. The predicted octanol–water partition coefficient (Wildman–Crippen LogP) is 3.69. The second-order valence-electron chi connectivity index (χ2n) is 6.69. The highest BCUT2D eigenvalue weighted by Gasteiger charge is 2.35. The monoisotopic (exact) mass is 338 g/mol. The first-order valence-corrected chi connectivity index (χ1v) is 8.43. The molecule has 1 fully saturated rings. The van der Waals surface area contributed by atoms with Crippen molar-refractivity contribution in [3.63, 3.8) is 0 Å². The molecule has 20 heavy (non-hydrogen) atoms. The minimum absolute atomic E-state index is 0.0717. The summed E-state index contributed by atoms with van der Waals surface area (Å²) >= 11 is 3.50. The molecule has 1 aromatic carbocycles. The van der Waals surface area contributed by atoms with E-state index >= 15 is 0 Å². The highest BCUT2D eigenvalue weighted by atomic mass is 79.9. The molecule has 3 unspecified atom stereocenters. The third-order valence-corrected chi connectivity index (χ3v) is 5.56. The van der Waals surface area contributed by atoms with Crippen molar-refractivity contribution >= 4 is 15.9 Å². The van der Waals surface area contributed by atoms with E-state index in [4.69, 9.17) is 5.73 Å². The molecule has 2 nitrogen and oxygen atoms in total. The van der Waals surface area contributed by atoms with Gasteiger partial charge in [-0.2, -0.15) is 0 Å². The molecular weight excluding hydrogens is 312 g/mol. The van der Waals surface area contributed by atoms with E-state index in [1.54, 1.807) is 0 Å². The molecule has 2 N–H and O–H groups in total. The van der Waals surface area contributed by atoms with Gasteiger partial charge in [0, 0.05) is 23.1 Å². The molecule has 112 valence electrons. The Morgan fingerprint density at radius 3 is 2.45 bits per heavy atom. The summed E-state index contributed by atoms with van der Waals surface area (Å²) in [5, 5.41) is 0. The van der Waals surface area contributed by atoms with Gasteiger partial charge in [0.2, 0.25) is 0 Å². The van der Waals surface area contributed by atoms with Crippen LogP contribution >= 0.6 is 15.9 Å². The van der Waals surface area contributed by atoms with Crippen molar-refractivity contribution in [2.24, 2.45) is 17.6 Å². The maximum atomic E-state index is 6.14. The molecule has 0 spiro atoms. The van der Waals surface area contributed by atoms with Gasteiger partial charge in [-0.25, -0.2) is 0 Å². The zero-order valence-electron chi connectivity index (χ0n) is 12.9. The average Bonchev–Trinajstić information content (AvgIpc) is 2.44. The van der Waals surface area contributed by atoms with E-state index in [2.05, 4.69) is 65.9 Å². The number of halogens is 1. The van der Waals surface area contributed by atoms with Crippen LogP contribution in [0.15, 0.2) is 28.7 Å². The van der Waals surface area contributed by atoms with Crippen molar-refractivity contribution < 1.29 is 0 Å². The van der Waals surface area contributed by atoms with Crippen LogP contribution in [0.4, 0.5) is 0 Å². The van der Waals surface area contributed by atoms with Crippen molar-refractivity contribution in [3.05, 3.63) is 34.3 Å². The van der Waals surface area contributed by atoms with Crippen LogP contribution in [-0.4, -0.2) is 30.1 Å². The van der Waals surface area contributed by atoms with Gasteiger partial charge in [0.15, 0.2) is 0 Å². The van der Waals surface area contributed by atoms with Crippen molar-refractivity contribution in [1.82, 2.24) is 4.90 Å². The lowest BCUT2D eigenvalue weighted by Crippen LogP contribution is -2.57. The number of likely N-dealkylation sites (tertiary alicyclic amines) is 1. The summed E-state index contributed by atoms with van der Waals surface area (Å²) in [4.78, 5) is 2.61. The Bertz CT molecular complexity index is 431. The molecule has 0 radical (unpaired) electrons. The second-order valence-corrected chi connectivity index (χ2v) is 7.61. The molecule has 0 aliphatic carbocycles. The van der Waals surface area contributed by atoms with Crippen LogP contribution in [0.1, 0.15) is 32.8 Å². The minimum Gasteiger partial charge on any atom is -0.329 e. The summed E-state index contributed by atoms with van der Waals surface area (Å²) in [5.41, 5.74) is 7.58. The van der Waals surface area contributed by atoms with Crippen molar-refractivity contribution in [2.75, 3.05) is 19.6 Å². The molecule has 1 aliphatic rings. The third-order valence-electron chi connectivity index (χ3n) is 5.04. The van der Waals surface area contributed by atoms with Gasteiger partial charge < -0.3 is 5.73 Å². The molecule has 3 heteroatoms. The number of hydrogen-bond donors (Lipinski definition) is 1. The number of rotatable bonds is 4. The number of hydrogen-bond acceptors (Lipinski definition) is 2. The molecule has 0 amide bonds. The summed E-state index contributed by atoms with van der Waals surface area (Å²) in [6.45, 7) is 10.1. The van der Waals surface area contributed by atoms with E-state index < -0.39 is 0 Å². The Morgan fingerprint density at radius 1 is 1.25 bits per heavy atom. The first kappa shape index (κ1) is 16.0. The van der Waals surface area contributed by atoms with Crippen LogP contribution in [0.3, 0.4) is 0 Å². The van der Waals surface area contributed by atoms with Crippen molar-refractivity contribution in [1.29, 1.82) is 0 Å². The van der Waals surface area contributed by atoms with Gasteiger partial charge in [-0.3, -0.25) is 4.90 Å². The lowest BCUT2D eigenvalue weighted by molar-refractivity contribution is 0.0416. The number of benzene rings is 1. The normalized spacial score (nSPS) is 27.2. The predicted molar refractivity (Wildman–Crippen MR) is 89.8 cm³/mol. The largest absolute Gasteiger partial charge is 0.329 e. The smallest absolute Gasteiger partial charge is 0.0343 e. The van der Waals surface area contributed by atoms with Crippen LogP contribution in [0, 0.1) is 11.8 Å². The number of nitrogens with two attached hydrogens (primary N) is 1. The van der Waals surface area contributed by atoms with Gasteiger partial charge in [-0.1, -0.05) is 41.9 Å². The SMILES string of the molecule is CC1CCN(C(C)(CN)Cc2ccc(Br)cc2)CC1C. The van der Waals surface area contributed by atoms with Crippen LogP contribution in [0.2, 0.25) is 0 Å². The summed E-state index contributed by atoms with van der Waals surface area (Å²) in [5.74, 6) is 1.60. The molecule has 2 rings (SSSR count). The Balaban J connectivity index is 2.10. The highest BCUT2D eigenvalue weighted by Crippen LogP contribution is 2.29. The average molecular weight is 339 g/mol. The minimum atomic E-state index is 0.0717. The fraction of sp³-hybridized carbons (Fsp3) is 0.647. The Labute approximate surface area is 131 Å². The zero-order valence-corrected chi connectivity index (χ0v) is 14.5. The van der Waals surface area contributed by atoms with Crippen molar-refractivity contribution in [2.45, 2.75) is 39.2 Å². The Kier molecular flexibility index (Phi) is 5.27. The van der Waals surface area contributed by atoms with Crippen LogP contribution in [0.25, 0.3) is 0 Å².